The molecular weight excluding hydrogens is 262 g/mol. The van der Waals surface area contributed by atoms with Crippen LogP contribution in [-0.2, 0) is 9.59 Å². The molecule has 7 heteroatoms. The number of nitrogens with one attached hydrogen (secondary N) is 2. The van der Waals surface area contributed by atoms with Crippen molar-refractivity contribution >= 4 is 46.3 Å². The third-order valence-corrected chi connectivity index (χ3v) is 2.23. The zero-order chi connectivity index (χ0) is 12.8. The molecule has 0 aliphatic carbocycles. The topological polar surface area (TPSA) is 84.2 Å². The standard InChI is InChI=1S/C10H10ClN3O2S/c11-6-3-1-2-4-7(6)14-10(16)9(15)13-5-8(12)17/h1-4H,5H2,(H2,12,17)(H,13,15)(H,14,16). The monoisotopic (exact) mass is 271 g/mol. The lowest BCUT2D eigenvalue weighted by Crippen LogP contribution is -2.39. The summed E-state index contributed by atoms with van der Waals surface area (Å²) in [7, 11) is 0. The molecule has 0 heterocycles. The van der Waals surface area contributed by atoms with E-state index in [9.17, 15) is 9.59 Å². The number of rotatable bonds is 3. The van der Waals surface area contributed by atoms with E-state index in [0.717, 1.165) is 0 Å². The van der Waals surface area contributed by atoms with Crippen molar-refractivity contribution in [3.63, 3.8) is 0 Å². The molecule has 17 heavy (non-hydrogen) atoms. The Hall–Kier alpha value is -1.66. The van der Waals surface area contributed by atoms with Crippen LogP contribution in [0.15, 0.2) is 24.3 Å². The maximum atomic E-state index is 11.4. The molecule has 0 aliphatic heterocycles. The molecule has 0 fully saturated rings. The summed E-state index contributed by atoms with van der Waals surface area (Å²) in [6.45, 7) is -0.0237. The smallest absolute Gasteiger partial charge is 0.313 e. The number of halogens is 1. The lowest BCUT2D eigenvalue weighted by Gasteiger charge is -2.06. The van der Waals surface area contributed by atoms with Gasteiger partial charge in [-0.2, -0.15) is 0 Å². The molecule has 0 saturated carbocycles. The van der Waals surface area contributed by atoms with Gasteiger partial charge in [0.1, 0.15) is 0 Å². The Morgan fingerprint density at radius 3 is 2.53 bits per heavy atom. The third kappa shape index (κ3) is 4.38. The maximum Gasteiger partial charge on any atom is 0.313 e. The number of thiocarbonyl (C=S) groups is 1. The molecule has 0 aromatic heterocycles. The van der Waals surface area contributed by atoms with Gasteiger partial charge in [-0.25, -0.2) is 0 Å². The van der Waals surface area contributed by atoms with Gasteiger partial charge >= 0.3 is 11.8 Å². The molecule has 2 amide bonds. The lowest BCUT2D eigenvalue weighted by atomic mass is 10.3. The van der Waals surface area contributed by atoms with E-state index in [4.69, 9.17) is 17.3 Å². The van der Waals surface area contributed by atoms with E-state index in [1.807, 2.05) is 0 Å². The van der Waals surface area contributed by atoms with Gasteiger partial charge in [-0.15, -0.1) is 0 Å². The molecule has 4 N–H and O–H groups in total. The highest BCUT2D eigenvalue weighted by molar-refractivity contribution is 7.80. The van der Waals surface area contributed by atoms with E-state index in [1.165, 1.54) is 0 Å². The summed E-state index contributed by atoms with van der Waals surface area (Å²) in [5.41, 5.74) is 5.55. The minimum Gasteiger partial charge on any atom is -0.392 e. The Balaban J connectivity index is 2.58. The van der Waals surface area contributed by atoms with Crippen LogP contribution >= 0.6 is 23.8 Å². The fourth-order valence-electron chi connectivity index (χ4n) is 0.989. The molecule has 0 saturated heterocycles. The van der Waals surface area contributed by atoms with Crippen molar-refractivity contribution < 1.29 is 9.59 Å². The Bertz CT molecular complexity index is 465. The molecule has 5 nitrogen and oxygen atoms in total. The molecule has 0 unspecified atom stereocenters. The van der Waals surface area contributed by atoms with Crippen LogP contribution < -0.4 is 16.4 Å². The summed E-state index contributed by atoms with van der Waals surface area (Å²) in [6.07, 6.45) is 0. The van der Waals surface area contributed by atoms with Crippen molar-refractivity contribution in [2.45, 2.75) is 0 Å². The molecule has 1 aromatic rings. The highest BCUT2D eigenvalue weighted by atomic mass is 35.5. The Morgan fingerprint density at radius 1 is 1.29 bits per heavy atom. The van der Waals surface area contributed by atoms with E-state index in [-0.39, 0.29) is 11.5 Å². The lowest BCUT2D eigenvalue weighted by molar-refractivity contribution is -0.135. The maximum absolute atomic E-state index is 11.4. The number of anilines is 1. The van der Waals surface area contributed by atoms with Gasteiger partial charge < -0.3 is 16.4 Å². The van der Waals surface area contributed by atoms with Gasteiger partial charge in [0.25, 0.3) is 0 Å². The molecule has 0 radical (unpaired) electrons. The van der Waals surface area contributed by atoms with Gasteiger partial charge in [-0.1, -0.05) is 36.0 Å². The summed E-state index contributed by atoms with van der Waals surface area (Å²) < 4.78 is 0. The van der Waals surface area contributed by atoms with Gasteiger partial charge in [0.15, 0.2) is 0 Å². The summed E-state index contributed by atoms with van der Waals surface area (Å²) in [5, 5.41) is 4.98. The predicted octanol–water partition coefficient (Wildman–Crippen LogP) is 0.681. The van der Waals surface area contributed by atoms with Crippen LogP contribution in [0.2, 0.25) is 5.02 Å². The first-order valence-electron chi connectivity index (χ1n) is 4.62. The predicted molar refractivity (Wildman–Crippen MR) is 69.9 cm³/mol. The van der Waals surface area contributed by atoms with E-state index < -0.39 is 11.8 Å². The molecule has 90 valence electrons. The first-order valence-corrected chi connectivity index (χ1v) is 5.41. The SMILES string of the molecule is NC(=S)CNC(=O)C(=O)Nc1ccccc1Cl. The quantitative estimate of drug-likeness (QED) is 0.558. The molecular formula is C10H10ClN3O2S. The van der Waals surface area contributed by atoms with Gasteiger partial charge in [0.2, 0.25) is 0 Å². The number of para-hydroxylation sites is 1. The molecule has 0 bridgehead atoms. The largest absolute Gasteiger partial charge is 0.392 e. The summed E-state index contributed by atoms with van der Waals surface area (Å²) in [5.74, 6) is -1.65. The summed E-state index contributed by atoms with van der Waals surface area (Å²) in [6, 6.07) is 6.59. The first kappa shape index (κ1) is 13.4. The van der Waals surface area contributed by atoms with Crippen LogP contribution in [0.5, 0.6) is 0 Å². The number of carbonyl (C=O) groups is 2. The highest BCUT2D eigenvalue weighted by Crippen LogP contribution is 2.19. The van der Waals surface area contributed by atoms with Crippen molar-refractivity contribution in [1.29, 1.82) is 0 Å². The number of hydrogen-bond acceptors (Lipinski definition) is 3. The molecule has 0 atom stereocenters. The number of nitrogens with two attached hydrogens (primary N) is 1. The van der Waals surface area contributed by atoms with Crippen molar-refractivity contribution in [3.05, 3.63) is 29.3 Å². The zero-order valence-electron chi connectivity index (χ0n) is 8.70. The minimum atomic E-state index is -0.825. The van der Waals surface area contributed by atoms with Gasteiger partial charge in [0.05, 0.1) is 22.2 Å². The third-order valence-electron chi connectivity index (χ3n) is 1.75. The second-order valence-corrected chi connectivity index (χ2v) is 4.01. The van der Waals surface area contributed by atoms with E-state index >= 15 is 0 Å². The Morgan fingerprint density at radius 2 is 1.94 bits per heavy atom. The van der Waals surface area contributed by atoms with Crippen molar-refractivity contribution in [2.24, 2.45) is 5.73 Å². The Labute approximate surface area is 108 Å². The van der Waals surface area contributed by atoms with Gasteiger partial charge in [-0.05, 0) is 12.1 Å². The minimum absolute atomic E-state index is 0.0237. The number of benzene rings is 1. The second kappa shape index (κ2) is 6.17. The average molecular weight is 272 g/mol. The molecule has 1 aromatic carbocycles. The number of hydrogen-bond donors (Lipinski definition) is 3. The highest BCUT2D eigenvalue weighted by Gasteiger charge is 2.14. The van der Waals surface area contributed by atoms with Gasteiger partial charge in [0, 0.05) is 0 Å². The van der Waals surface area contributed by atoms with Crippen LogP contribution in [0.4, 0.5) is 5.69 Å². The first-order chi connectivity index (χ1) is 8.00. The van der Waals surface area contributed by atoms with Crippen LogP contribution in [0.3, 0.4) is 0 Å². The summed E-state index contributed by atoms with van der Waals surface area (Å²) in [4.78, 5) is 22.8. The molecule has 0 spiro atoms. The van der Waals surface area contributed by atoms with E-state index in [1.54, 1.807) is 24.3 Å². The fraction of sp³-hybridized carbons (Fsp3) is 0.100. The normalized spacial score (nSPS) is 9.47. The summed E-state index contributed by atoms with van der Waals surface area (Å²) >= 11 is 10.4. The zero-order valence-corrected chi connectivity index (χ0v) is 10.3. The average Bonchev–Trinajstić information content (AvgIpc) is 2.28. The second-order valence-electron chi connectivity index (χ2n) is 3.08. The van der Waals surface area contributed by atoms with Gasteiger partial charge in [-0.3, -0.25) is 9.59 Å². The van der Waals surface area contributed by atoms with Crippen molar-refractivity contribution in [3.8, 4) is 0 Å². The number of carbonyl (C=O) groups excluding carboxylic acids is 2. The van der Waals surface area contributed by atoms with E-state index in [0.29, 0.717) is 10.7 Å². The van der Waals surface area contributed by atoms with Crippen LogP contribution in [-0.4, -0.2) is 23.3 Å². The van der Waals surface area contributed by atoms with Crippen molar-refractivity contribution in [2.75, 3.05) is 11.9 Å². The Kier molecular flexibility index (Phi) is 4.86. The van der Waals surface area contributed by atoms with Crippen molar-refractivity contribution in [1.82, 2.24) is 5.32 Å². The molecule has 1 rings (SSSR count). The van der Waals surface area contributed by atoms with Crippen LogP contribution in [0, 0.1) is 0 Å². The molecule has 0 aliphatic rings. The van der Waals surface area contributed by atoms with Crippen LogP contribution in [0.25, 0.3) is 0 Å². The van der Waals surface area contributed by atoms with E-state index in [2.05, 4.69) is 22.9 Å². The van der Waals surface area contributed by atoms with Crippen LogP contribution in [0.1, 0.15) is 0 Å². The number of amides is 2. The fourth-order valence-corrected chi connectivity index (χ4v) is 1.24.